The number of benzene rings is 3. The van der Waals surface area contributed by atoms with Crippen molar-refractivity contribution in [1.82, 2.24) is 5.32 Å². The summed E-state index contributed by atoms with van der Waals surface area (Å²) in [7, 11) is 1.19. The third-order valence-corrected chi connectivity index (χ3v) is 5.46. The highest BCUT2D eigenvalue weighted by atomic mass is 17.2. The van der Waals surface area contributed by atoms with Crippen LogP contribution < -0.4 is 15.4 Å². The fourth-order valence-corrected chi connectivity index (χ4v) is 3.55. The van der Waals surface area contributed by atoms with Crippen molar-refractivity contribution in [3.8, 4) is 11.5 Å². The van der Waals surface area contributed by atoms with Gasteiger partial charge in [-0.05, 0) is 86.3 Å². The molecule has 0 saturated carbocycles. The first-order valence-electron chi connectivity index (χ1n) is 12.2. The van der Waals surface area contributed by atoms with Gasteiger partial charge in [-0.15, -0.1) is 0 Å². The number of amides is 2. The van der Waals surface area contributed by atoms with Gasteiger partial charge in [0, 0.05) is 16.8 Å². The highest BCUT2D eigenvalue weighted by Crippen LogP contribution is 2.28. The minimum Gasteiger partial charge on any atom is -0.457 e. The van der Waals surface area contributed by atoms with Gasteiger partial charge >= 0.3 is 5.97 Å². The molecule has 0 atom stereocenters. The van der Waals surface area contributed by atoms with Gasteiger partial charge in [0.15, 0.2) is 0 Å². The molecule has 0 aliphatic heterocycles. The van der Waals surface area contributed by atoms with Crippen LogP contribution in [0.25, 0.3) is 0 Å². The third kappa shape index (κ3) is 7.66. The van der Waals surface area contributed by atoms with Crippen molar-refractivity contribution in [2.45, 2.75) is 52.5 Å². The van der Waals surface area contributed by atoms with Crippen LogP contribution in [0.4, 0.5) is 5.69 Å². The molecule has 0 aliphatic rings. The van der Waals surface area contributed by atoms with Gasteiger partial charge in [-0.25, -0.2) is 4.79 Å². The Hall–Kier alpha value is -4.17. The molecule has 0 unspecified atom stereocenters. The van der Waals surface area contributed by atoms with Crippen molar-refractivity contribution in [1.29, 1.82) is 0 Å². The van der Waals surface area contributed by atoms with Crippen molar-refractivity contribution in [2.24, 2.45) is 0 Å². The number of nitrogens with one attached hydrogen (secondary N) is 2. The number of anilines is 1. The lowest BCUT2D eigenvalue weighted by atomic mass is 9.87. The molecule has 0 fully saturated rings. The molecule has 200 valence electrons. The molecule has 8 heteroatoms. The topological polar surface area (TPSA) is 103 Å². The van der Waals surface area contributed by atoms with Gasteiger partial charge in [0.2, 0.25) is 0 Å². The molecule has 38 heavy (non-hydrogen) atoms. The molecule has 0 radical (unpaired) electrons. The molecule has 8 nitrogen and oxygen atoms in total. The molecule has 0 aliphatic carbocycles. The quantitative estimate of drug-likeness (QED) is 0.282. The van der Waals surface area contributed by atoms with Gasteiger partial charge in [-0.1, -0.05) is 32.9 Å². The van der Waals surface area contributed by atoms with Crippen LogP contribution >= 0.6 is 0 Å². The van der Waals surface area contributed by atoms with Crippen LogP contribution in [0.2, 0.25) is 0 Å². The molecule has 3 aromatic carbocycles. The minimum atomic E-state index is -0.860. The SMILES string of the molecule is COOC(=O)c1ccc(C(=O)NC(C)(C)C)cc1C(=O)Nc1ccc(Oc2ccc(C(C)(C)C)cc2)cc1. The van der Waals surface area contributed by atoms with Gasteiger partial charge in [0.25, 0.3) is 11.8 Å². The standard InChI is InChI=1S/C30H34N2O6/c1-29(2,3)20-9-13-22(14-10-20)37-23-15-11-21(12-16-23)31-27(34)25-18-19(26(33)32-30(4,5)6)8-17-24(25)28(35)38-36-7/h8-18H,1-7H3,(H,31,34)(H,32,33). The Balaban J connectivity index is 1.78. The average molecular weight is 519 g/mol. The van der Waals surface area contributed by atoms with E-state index in [1.807, 2.05) is 45.0 Å². The summed E-state index contributed by atoms with van der Waals surface area (Å²) in [6, 6.07) is 18.9. The molecule has 3 rings (SSSR count). The second kappa shape index (κ2) is 11.5. The Morgan fingerprint density at radius 2 is 1.29 bits per heavy atom. The molecular weight excluding hydrogens is 484 g/mol. The molecule has 3 aromatic rings. The lowest BCUT2D eigenvalue weighted by Gasteiger charge is -2.21. The Morgan fingerprint density at radius 1 is 0.711 bits per heavy atom. The molecule has 0 heterocycles. The van der Waals surface area contributed by atoms with Crippen LogP contribution in [0.5, 0.6) is 11.5 Å². The van der Waals surface area contributed by atoms with E-state index in [0.717, 1.165) is 0 Å². The Labute approximate surface area is 223 Å². The van der Waals surface area contributed by atoms with E-state index in [-0.39, 0.29) is 28.0 Å². The summed E-state index contributed by atoms with van der Waals surface area (Å²) in [5.41, 5.74) is 1.39. The van der Waals surface area contributed by atoms with Crippen LogP contribution in [0.1, 0.15) is 78.2 Å². The van der Waals surface area contributed by atoms with Crippen LogP contribution in [-0.4, -0.2) is 30.4 Å². The van der Waals surface area contributed by atoms with Crippen molar-refractivity contribution >= 4 is 23.5 Å². The molecule has 0 aromatic heterocycles. The fraction of sp³-hybridized carbons (Fsp3) is 0.300. The Kier molecular flexibility index (Phi) is 8.58. The summed E-state index contributed by atoms with van der Waals surface area (Å²) >= 11 is 0. The van der Waals surface area contributed by atoms with E-state index < -0.39 is 17.4 Å². The summed E-state index contributed by atoms with van der Waals surface area (Å²) < 4.78 is 5.92. The van der Waals surface area contributed by atoms with Crippen LogP contribution in [0, 0.1) is 0 Å². The monoisotopic (exact) mass is 518 g/mol. The first-order valence-corrected chi connectivity index (χ1v) is 12.2. The molecule has 2 amide bonds. The average Bonchev–Trinajstić information content (AvgIpc) is 2.83. The maximum absolute atomic E-state index is 13.2. The summed E-state index contributed by atoms with van der Waals surface area (Å²) in [5.74, 6) is -0.542. The molecule has 0 bridgehead atoms. The van der Waals surface area contributed by atoms with E-state index in [0.29, 0.717) is 17.2 Å². The van der Waals surface area contributed by atoms with Crippen LogP contribution in [0.15, 0.2) is 66.7 Å². The molecule has 0 spiro atoms. The zero-order valence-electron chi connectivity index (χ0n) is 22.8. The summed E-state index contributed by atoms with van der Waals surface area (Å²) in [6.07, 6.45) is 0. The van der Waals surface area contributed by atoms with E-state index in [2.05, 4.69) is 41.2 Å². The fourth-order valence-electron chi connectivity index (χ4n) is 3.55. The number of rotatable bonds is 7. The van der Waals surface area contributed by atoms with Gasteiger partial charge in [0.05, 0.1) is 18.2 Å². The van der Waals surface area contributed by atoms with Gasteiger partial charge in [-0.3, -0.25) is 14.5 Å². The molecule has 0 saturated heterocycles. The Bertz CT molecular complexity index is 1300. The smallest absolute Gasteiger partial charge is 0.373 e. The highest BCUT2D eigenvalue weighted by Gasteiger charge is 2.23. The largest absolute Gasteiger partial charge is 0.457 e. The lowest BCUT2D eigenvalue weighted by Crippen LogP contribution is -2.40. The predicted molar refractivity (Wildman–Crippen MR) is 146 cm³/mol. The lowest BCUT2D eigenvalue weighted by molar-refractivity contribution is -0.216. The number of carbonyl (C=O) groups is 3. The molecule has 2 N–H and O–H groups in total. The van der Waals surface area contributed by atoms with Gasteiger partial charge in [0.1, 0.15) is 11.5 Å². The van der Waals surface area contributed by atoms with E-state index >= 15 is 0 Å². The number of ether oxygens (including phenoxy) is 1. The number of hydrogen-bond acceptors (Lipinski definition) is 6. The van der Waals surface area contributed by atoms with E-state index in [1.165, 1.54) is 30.9 Å². The Morgan fingerprint density at radius 3 is 1.82 bits per heavy atom. The minimum absolute atomic E-state index is 0.0344. The zero-order valence-corrected chi connectivity index (χ0v) is 22.8. The molecular formula is C30H34N2O6. The number of hydrogen-bond donors (Lipinski definition) is 2. The van der Waals surface area contributed by atoms with Crippen molar-refractivity contribution < 1.29 is 28.9 Å². The summed E-state index contributed by atoms with van der Waals surface area (Å²) in [6.45, 7) is 12.0. The van der Waals surface area contributed by atoms with Gasteiger partial charge < -0.3 is 15.4 Å². The summed E-state index contributed by atoms with van der Waals surface area (Å²) in [5, 5.41) is 5.59. The van der Waals surface area contributed by atoms with E-state index in [4.69, 9.17) is 4.74 Å². The first kappa shape index (κ1) is 28.4. The highest BCUT2D eigenvalue weighted by molar-refractivity contribution is 6.12. The first-order chi connectivity index (χ1) is 17.8. The second-order valence-corrected chi connectivity index (χ2v) is 10.9. The van der Waals surface area contributed by atoms with Crippen LogP contribution in [-0.2, 0) is 15.2 Å². The van der Waals surface area contributed by atoms with Gasteiger partial charge in [-0.2, -0.15) is 4.89 Å². The number of carbonyl (C=O) groups excluding carboxylic acids is 3. The normalized spacial score (nSPS) is 11.4. The van der Waals surface area contributed by atoms with Crippen molar-refractivity contribution in [3.05, 3.63) is 89.0 Å². The zero-order chi connectivity index (χ0) is 28.1. The van der Waals surface area contributed by atoms with Crippen LogP contribution in [0.3, 0.4) is 0 Å². The second-order valence-electron chi connectivity index (χ2n) is 10.9. The van der Waals surface area contributed by atoms with E-state index in [9.17, 15) is 14.4 Å². The maximum Gasteiger partial charge on any atom is 0.373 e. The van der Waals surface area contributed by atoms with E-state index in [1.54, 1.807) is 24.3 Å². The maximum atomic E-state index is 13.2. The van der Waals surface area contributed by atoms with Crippen molar-refractivity contribution in [2.75, 3.05) is 12.4 Å². The predicted octanol–water partition coefficient (Wildman–Crippen LogP) is 6.28. The third-order valence-electron chi connectivity index (χ3n) is 5.46. The summed E-state index contributed by atoms with van der Waals surface area (Å²) in [4.78, 5) is 47.3. The van der Waals surface area contributed by atoms with Crippen molar-refractivity contribution in [3.63, 3.8) is 0 Å².